The fourth-order valence-electron chi connectivity index (χ4n) is 2.85. The van der Waals surface area contributed by atoms with Crippen molar-refractivity contribution >= 4 is 39.1 Å². The third-order valence-corrected chi connectivity index (χ3v) is 4.49. The summed E-state index contributed by atoms with van der Waals surface area (Å²) in [7, 11) is 0. The van der Waals surface area contributed by atoms with Gasteiger partial charge in [0, 0.05) is 34.7 Å². The number of aromatic nitrogens is 3. The molecule has 26 heavy (non-hydrogen) atoms. The van der Waals surface area contributed by atoms with E-state index in [1.165, 1.54) is 6.20 Å². The number of nitrogens with one attached hydrogen (secondary N) is 1. The standard InChI is InChI=1S/C20H15ClN4O/c1-12-3-2-6-22-18(12)11-25-19-8-15-13(9-24-19)4-5-17-16(20(15)26)7-14(21)10-23-17/h2-10H,11H2,1H3,(H,24,25). The molecule has 0 aliphatic rings. The van der Waals surface area contributed by atoms with E-state index in [9.17, 15) is 4.79 Å². The van der Waals surface area contributed by atoms with Crippen molar-refractivity contribution in [3.63, 3.8) is 0 Å². The van der Waals surface area contributed by atoms with Crippen LogP contribution in [0.15, 0.2) is 59.8 Å². The minimum atomic E-state index is -0.116. The predicted molar refractivity (Wildman–Crippen MR) is 105 cm³/mol. The van der Waals surface area contributed by atoms with Crippen LogP contribution in [0.1, 0.15) is 11.3 Å². The van der Waals surface area contributed by atoms with Gasteiger partial charge in [-0.2, -0.15) is 0 Å². The topological polar surface area (TPSA) is 67.8 Å². The van der Waals surface area contributed by atoms with Crippen LogP contribution in [0.5, 0.6) is 0 Å². The van der Waals surface area contributed by atoms with Crippen molar-refractivity contribution < 1.29 is 0 Å². The number of fused-ring (bicyclic) bond motifs is 2. The summed E-state index contributed by atoms with van der Waals surface area (Å²) >= 11 is 6.02. The van der Waals surface area contributed by atoms with Crippen LogP contribution in [-0.2, 0) is 6.54 Å². The normalized spacial score (nSPS) is 11.0. The molecule has 0 bridgehead atoms. The van der Waals surface area contributed by atoms with Crippen LogP contribution in [0.2, 0.25) is 5.02 Å². The van der Waals surface area contributed by atoms with Crippen LogP contribution in [0.4, 0.5) is 5.82 Å². The van der Waals surface area contributed by atoms with Crippen LogP contribution in [0.25, 0.3) is 21.7 Å². The number of rotatable bonds is 3. The molecular weight excluding hydrogens is 348 g/mol. The van der Waals surface area contributed by atoms with Gasteiger partial charge in [0.15, 0.2) is 5.43 Å². The first-order valence-corrected chi connectivity index (χ1v) is 8.52. The molecule has 5 nitrogen and oxygen atoms in total. The molecule has 3 aromatic heterocycles. The Hall–Kier alpha value is -3.05. The highest BCUT2D eigenvalue weighted by Gasteiger charge is 2.07. The predicted octanol–water partition coefficient (Wildman–Crippen LogP) is 4.11. The molecule has 0 atom stereocenters. The molecule has 0 radical (unpaired) electrons. The monoisotopic (exact) mass is 362 g/mol. The third-order valence-electron chi connectivity index (χ3n) is 4.28. The lowest BCUT2D eigenvalue weighted by Crippen LogP contribution is -2.06. The third kappa shape index (κ3) is 3.09. The molecule has 0 saturated carbocycles. The van der Waals surface area contributed by atoms with E-state index in [1.807, 2.05) is 25.1 Å². The highest BCUT2D eigenvalue weighted by atomic mass is 35.5. The molecule has 0 spiro atoms. The molecule has 1 N–H and O–H groups in total. The fourth-order valence-corrected chi connectivity index (χ4v) is 3.01. The molecule has 4 rings (SSSR count). The number of nitrogens with zero attached hydrogens (tertiary/aromatic N) is 3. The van der Waals surface area contributed by atoms with Gasteiger partial charge in [0.2, 0.25) is 0 Å². The maximum Gasteiger partial charge on any atom is 0.196 e. The lowest BCUT2D eigenvalue weighted by molar-refractivity contribution is 1.01. The molecule has 0 aliphatic heterocycles. The van der Waals surface area contributed by atoms with Crippen LogP contribution in [0.3, 0.4) is 0 Å². The molecule has 0 unspecified atom stereocenters. The van der Waals surface area contributed by atoms with Crippen molar-refractivity contribution in [3.8, 4) is 0 Å². The summed E-state index contributed by atoms with van der Waals surface area (Å²) in [6, 6.07) is 11.0. The Kier molecular flexibility index (Phi) is 4.22. The molecule has 3 heterocycles. The number of halogens is 1. The highest BCUT2D eigenvalue weighted by molar-refractivity contribution is 6.31. The maximum absolute atomic E-state index is 13.0. The van der Waals surface area contributed by atoms with Gasteiger partial charge in [-0.05, 0) is 36.8 Å². The van der Waals surface area contributed by atoms with Gasteiger partial charge in [0.1, 0.15) is 5.82 Å². The minimum Gasteiger partial charge on any atom is -0.364 e. The second-order valence-corrected chi connectivity index (χ2v) is 6.46. The van der Waals surface area contributed by atoms with Gasteiger partial charge in [0.05, 0.1) is 22.8 Å². The van der Waals surface area contributed by atoms with E-state index >= 15 is 0 Å². The first kappa shape index (κ1) is 16.4. The molecule has 0 fully saturated rings. The van der Waals surface area contributed by atoms with Gasteiger partial charge in [0.25, 0.3) is 0 Å². The van der Waals surface area contributed by atoms with E-state index < -0.39 is 0 Å². The van der Waals surface area contributed by atoms with Crippen molar-refractivity contribution in [1.82, 2.24) is 15.0 Å². The summed E-state index contributed by atoms with van der Waals surface area (Å²) < 4.78 is 0. The number of anilines is 1. The molecule has 1 aromatic carbocycles. The Morgan fingerprint density at radius 3 is 2.77 bits per heavy atom. The van der Waals surface area contributed by atoms with Crippen LogP contribution in [0, 0.1) is 6.92 Å². The van der Waals surface area contributed by atoms with Crippen LogP contribution in [-0.4, -0.2) is 15.0 Å². The number of hydrogen-bond donors (Lipinski definition) is 1. The Bertz CT molecular complexity index is 1190. The SMILES string of the molecule is Cc1cccnc1CNc1cc2c(=O)c3cc(Cl)cnc3ccc2cn1. The van der Waals surface area contributed by atoms with Gasteiger partial charge in [-0.25, -0.2) is 4.98 Å². The smallest absolute Gasteiger partial charge is 0.196 e. The van der Waals surface area contributed by atoms with Crippen molar-refractivity contribution in [2.45, 2.75) is 13.5 Å². The zero-order chi connectivity index (χ0) is 18.1. The van der Waals surface area contributed by atoms with Crippen molar-refractivity contribution in [2.75, 3.05) is 5.32 Å². The summed E-state index contributed by atoms with van der Waals surface area (Å²) in [5.41, 5.74) is 2.53. The Balaban J connectivity index is 1.79. The first-order valence-electron chi connectivity index (χ1n) is 8.14. The molecule has 128 valence electrons. The van der Waals surface area contributed by atoms with Gasteiger partial charge in [-0.3, -0.25) is 14.8 Å². The Labute approximate surface area is 154 Å². The summed E-state index contributed by atoms with van der Waals surface area (Å²) in [5, 5.41) is 5.49. The van der Waals surface area contributed by atoms with Gasteiger partial charge in [-0.15, -0.1) is 0 Å². The second-order valence-electron chi connectivity index (χ2n) is 6.03. The van der Waals surface area contributed by atoms with Crippen LogP contribution < -0.4 is 10.7 Å². The molecule has 0 saturated heterocycles. The molecule has 6 heteroatoms. The Morgan fingerprint density at radius 1 is 1.04 bits per heavy atom. The molecule has 0 amide bonds. The fraction of sp³-hybridized carbons (Fsp3) is 0.100. The minimum absolute atomic E-state index is 0.116. The average molecular weight is 363 g/mol. The number of aryl methyl sites for hydroxylation is 1. The first-order chi connectivity index (χ1) is 12.6. The average Bonchev–Trinajstić information content (AvgIpc) is 2.78. The van der Waals surface area contributed by atoms with Gasteiger partial charge < -0.3 is 5.32 Å². The molecule has 0 aliphatic carbocycles. The van der Waals surface area contributed by atoms with Crippen molar-refractivity contribution in [1.29, 1.82) is 0 Å². The summed E-state index contributed by atoms with van der Waals surface area (Å²) in [6.07, 6.45) is 4.98. The quantitative estimate of drug-likeness (QED) is 0.594. The summed E-state index contributed by atoms with van der Waals surface area (Å²) in [6.45, 7) is 2.54. The zero-order valence-corrected chi connectivity index (χ0v) is 14.8. The summed E-state index contributed by atoms with van der Waals surface area (Å²) in [4.78, 5) is 26.0. The number of hydrogen-bond acceptors (Lipinski definition) is 5. The lowest BCUT2D eigenvalue weighted by atomic mass is 10.2. The van der Waals surface area contributed by atoms with E-state index in [-0.39, 0.29) is 5.43 Å². The maximum atomic E-state index is 13.0. The van der Waals surface area contributed by atoms with Gasteiger partial charge in [-0.1, -0.05) is 23.7 Å². The van der Waals surface area contributed by atoms with Gasteiger partial charge >= 0.3 is 0 Å². The van der Waals surface area contributed by atoms with E-state index in [0.717, 1.165) is 16.6 Å². The van der Waals surface area contributed by atoms with E-state index in [1.54, 1.807) is 30.6 Å². The van der Waals surface area contributed by atoms with Crippen molar-refractivity contribution in [3.05, 3.63) is 81.5 Å². The van der Waals surface area contributed by atoms with Crippen molar-refractivity contribution in [2.24, 2.45) is 0 Å². The van der Waals surface area contributed by atoms with E-state index in [2.05, 4.69) is 20.3 Å². The van der Waals surface area contributed by atoms with E-state index in [0.29, 0.717) is 33.7 Å². The highest BCUT2D eigenvalue weighted by Crippen LogP contribution is 2.19. The van der Waals surface area contributed by atoms with Crippen LogP contribution >= 0.6 is 11.6 Å². The Morgan fingerprint density at radius 2 is 1.92 bits per heavy atom. The molecular formula is C20H15ClN4O. The zero-order valence-electron chi connectivity index (χ0n) is 14.0. The lowest BCUT2D eigenvalue weighted by Gasteiger charge is -2.07. The molecule has 4 aromatic rings. The summed E-state index contributed by atoms with van der Waals surface area (Å²) in [5.74, 6) is 0.619. The second kappa shape index (κ2) is 6.69. The largest absolute Gasteiger partial charge is 0.364 e. The van der Waals surface area contributed by atoms with E-state index in [4.69, 9.17) is 11.6 Å². The number of pyridine rings is 3.